The Balaban J connectivity index is 2.00. The van der Waals surface area contributed by atoms with Crippen LogP contribution < -0.4 is 9.21 Å². The quantitative estimate of drug-likeness (QED) is 0.573. The van der Waals surface area contributed by atoms with Crippen LogP contribution in [0, 0.1) is 0 Å². The van der Waals surface area contributed by atoms with Crippen LogP contribution >= 0.6 is 11.8 Å². The fourth-order valence-corrected chi connectivity index (χ4v) is 4.66. The van der Waals surface area contributed by atoms with Crippen molar-refractivity contribution in [3.63, 3.8) is 0 Å². The highest BCUT2D eigenvalue weighted by atomic mass is 32.2. The van der Waals surface area contributed by atoms with Gasteiger partial charge in [-0.25, -0.2) is 14.3 Å². The maximum absolute atomic E-state index is 12.6. The molecule has 3 heterocycles. The van der Waals surface area contributed by atoms with Crippen molar-refractivity contribution in [2.75, 3.05) is 55.4 Å². The maximum atomic E-state index is 12.6. The van der Waals surface area contributed by atoms with E-state index >= 15 is 0 Å². The minimum absolute atomic E-state index is 0.192. The van der Waals surface area contributed by atoms with E-state index in [1.54, 1.807) is 13.1 Å². The molecule has 1 aromatic heterocycles. The van der Waals surface area contributed by atoms with E-state index in [1.165, 1.54) is 20.4 Å². The SMILES string of the molecule is CSc1nc(N2CCOCC2C)cc(N2CCCN(C)S2(=O)=O)n1. The van der Waals surface area contributed by atoms with Gasteiger partial charge in [0.05, 0.1) is 19.3 Å². The van der Waals surface area contributed by atoms with Crippen LogP contribution in [-0.2, 0) is 14.9 Å². The van der Waals surface area contributed by atoms with Crippen LogP contribution in [0.3, 0.4) is 0 Å². The highest BCUT2D eigenvalue weighted by molar-refractivity contribution is 7.98. The minimum atomic E-state index is -3.52. The van der Waals surface area contributed by atoms with Gasteiger partial charge in [-0.05, 0) is 19.6 Å². The third-order valence-corrected chi connectivity index (χ3v) is 6.73. The standard InChI is InChI=1S/C14H23N5O3S2/c1-11-10-22-8-7-18(11)12-9-13(16-14(15-12)23-3)19-6-4-5-17(2)24(19,20)21/h9,11H,4-8,10H2,1-3H3. The van der Waals surface area contributed by atoms with Gasteiger partial charge in [-0.2, -0.15) is 12.7 Å². The van der Waals surface area contributed by atoms with Crippen LogP contribution in [0.4, 0.5) is 11.6 Å². The molecule has 2 aliphatic heterocycles. The molecule has 0 saturated carbocycles. The van der Waals surface area contributed by atoms with E-state index in [9.17, 15) is 8.42 Å². The lowest BCUT2D eigenvalue weighted by atomic mass is 10.2. The minimum Gasteiger partial charge on any atom is -0.377 e. The molecule has 2 aliphatic rings. The molecule has 3 rings (SSSR count). The zero-order valence-corrected chi connectivity index (χ0v) is 15.8. The zero-order chi connectivity index (χ0) is 17.3. The molecule has 0 aliphatic carbocycles. The average Bonchev–Trinajstić information content (AvgIpc) is 2.57. The monoisotopic (exact) mass is 373 g/mol. The Labute approximate surface area is 147 Å². The van der Waals surface area contributed by atoms with Crippen molar-refractivity contribution in [2.24, 2.45) is 0 Å². The number of hydrogen-bond donors (Lipinski definition) is 0. The second kappa shape index (κ2) is 7.03. The predicted molar refractivity (Wildman–Crippen MR) is 95.0 cm³/mol. The summed E-state index contributed by atoms with van der Waals surface area (Å²) in [6.07, 6.45) is 2.67. The molecule has 2 fully saturated rings. The number of ether oxygens (including phenoxy) is 1. The topological polar surface area (TPSA) is 78.9 Å². The number of aromatic nitrogens is 2. The summed E-state index contributed by atoms with van der Waals surface area (Å²) in [4.78, 5) is 11.2. The first-order valence-electron chi connectivity index (χ1n) is 7.95. The normalized spacial score (nSPS) is 25.0. The van der Waals surface area contributed by atoms with Crippen molar-refractivity contribution in [2.45, 2.75) is 24.5 Å². The largest absolute Gasteiger partial charge is 0.377 e. The average molecular weight is 374 g/mol. The molecule has 8 nitrogen and oxygen atoms in total. The van der Waals surface area contributed by atoms with Crippen molar-refractivity contribution < 1.29 is 13.2 Å². The van der Waals surface area contributed by atoms with Crippen molar-refractivity contribution in [1.82, 2.24) is 14.3 Å². The summed E-state index contributed by atoms with van der Waals surface area (Å²) < 4.78 is 33.5. The fourth-order valence-electron chi connectivity index (χ4n) is 2.90. The van der Waals surface area contributed by atoms with E-state index in [0.29, 0.717) is 37.3 Å². The van der Waals surface area contributed by atoms with Gasteiger partial charge in [0, 0.05) is 32.7 Å². The number of morpholine rings is 1. The molecule has 0 radical (unpaired) electrons. The maximum Gasteiger partial charge on any atom is 0.305 e. The fraction of sp³-hybridized carbons (Fsp3) is 0.714. The van der Waals surface area contributed by atoms with Crippen molar-refractivity contribution in [3.05, 3.63) is 6.07 Å². The molecular weight excluding hydrogens is 350 g/mol. The summed E-state index contributed by atoms with van der Waals surface area (Å²) in [6, 6.07) is 1.97. The summed E-state index contributed by atoms with van der Waals surface area (Å²) in [7, 11) is -1.92. The van der Waals surface area contributed by atoms with Crippen LogP contribution in [0.25, 0.3) is 0 Å². The Morgan fingerprint density at radius 2 is 2.00 bits per heavy atom. The van der Waals surface area contributed by atoms with Crippen LogP contribution in [0.1, 0.15) is 13.3 Å². The van der Waals surface area contributed by atoms with E-state index in [1.807, 2.05) is 6.26 Å². The second-order valence-electron chi connectivity index (χ2n) is 5.94. The molecular formula is C14H23N5O3S2. The summed E-state index contributed by atoms with van der Waals surface area (Å²) >= 11 is 1.41. The Morgan fingerprint density at radius 3 is 2.71 bits per heavy atom. The molecule has 1 unspecified atom stereocenters. The molecule has 0 amide bonds. The smallest absolute Gasteiger partial charge is 0.305 e. The van der Waals surface area contributed by atoms with Gasteiger partial charge < -0.3 is 9.64 Å². The number of thioether (sulfide) groups is 1. The number of rotatable bonds is 3. The number of anilines is 2. The lowest BCUT2D eigenvalue weighted by Crippen LogP contribution is -2.48. The summed E-state index contributed by atoms with van der Waals surface area (Å²) in [5, 5.41) is 0.574. The van der Waals surface area contributed by atoms with E-state index < -0.39 is 10.2 Å². The molecule has 1 atom stereocenters. The molecule has 134 valence electrons. The van der Waals surface area contributed by atoms with E-state index in [-0.39, 0.29) is 6.04 Å². The van der Waals surface area contributed by atoms with Crippen molar-refractivity contribution in [1.29, 1.82) is 0 Å². The van der Waals surface area contributed by atoms with Gasteiger partial charge in [-0.3, -0.25) is 0 Å². The molecule has 10 heteroatoms. The third-order valence-electron chi connectivity index (χ3n) is 4.29. The molecule has 1 aromatic rings. The highest BCUT2D eigenvalue weighted by Gasteiger charge is 2.33. The number of hydrogen-bond acceptors (Lipinski definition) is 7. The molecule has 0 spiro atoms. The van der Waals surface area contributed by atoms with Crippen LogP contribution in [-0.4, -0.2) is 74.9 Å². The number of nitrogens with zero attached hydrogens (tertiary/aromatic N) is 5. The Kier molecular flexibility index (Phi) is 5.19. The zero-order valence-electron chi connectivity index (χ0n) is 14.2. The van der Waals surface area contributed by atoms with Gasteiger partial charge in [-0.15, -0.1) is 0 Å². The van der Waals surface area contributed by atoms with Crippen LogP contribution in [0.15, 0.2) is 11.2 Å². The van der Waals surface area contributed by atoms with Gasteiger partial charge in [0.2, 0.25) is 0 Å². The predicted octanol–water partition coefficient (Wildman–Crippen LogP) is 0.810. The van der Waals surface area contributed by atoms with Crippen molar-refractivity contribution in [3.8, 4) is 0 Å². The second-order valence-corrected chi connectivity index (χ2v) is 8.68. The lowest BCUT2D eigenvalue weighted by molar-refractivity contribution is 0.0984. The highest BCUT2D eigenvalue weighted by Crippen LogP contribution is 2.28. The Bertz CT molecular complexity index is 700. The van der Waals surface area contributed by atoms with Gasteiger partial charge in [0.25, 0.3) is 0 Å². The van der Waals surface area contributed by atoms with Crippen LogP contribution in [0.2, 0.25) is 0 Å². The van der Waals surface area contributed by atoms with E-state index in [4.69, 9.17) is 4.74 Å². The van der Waals surface area contributed by atoms with Gasteiger partial charge in [-0.1, -0.05) is 11.8 Å². The van der Waals surface area contributed by atoms with Gasteiger partial charge >= 0.3 is 10.2 Å². The van der Waals surface area contributed by atoms with Crippen LogP contribution in [0.5, 0.6) is 0 Å². The first kappa shape index (κ1) is 17.7. The molecule has 0 aromatic carbocycles. The van der Waals surface area contributed by atoms with Gasteiger partial charge in [0.1, 0.15) is 11.6 Å². The van der Waals surface area contributed by atoms with E-state index in [2.05, 4.69) is 21.8 Å². The third kappa shape index (κ3) is 3.32. The molecule has 24 heavy (non-hydrogen) atoms. The first-order chi connectivity index (χ1) is 11.4. The summed E-state index contributed by atoms with van der Waals surface area (Å²) in [6.45, 7) is 5.06. The summed E-state index contributed by atoms with van der Waals surface area (Å²) in [5.74, 6) is 1.19. The first-order valence-corrected chi connectivity index (χ1v) is 10.6. The lowest BCUT2D eigenvalue weighted by Gasteiger charge is -2.36. The van der Waals surface area contributed by atoms with Crippen molar-refractivity contribution >= 4 is 33.6 Å². The Hall–Kier alpha value is -1.10. The summed E-state index contributed by atoms with van der Waals surface area (Å²) in [5.41, 5.74) is 0. The molecule has 0 N–H and O–H groups in total. The Morgan fingerprint density at radius 1 is 1.25 bits per heavy atom. The van der Waals surface area contributed by atoms with E-state index in [0.717, 1.165) is 18.8 Å². The van der Waals surface area contributed by atoms with Gasteiger partial charge in [0.15, 0.2) is 5.16 Å². The molecule has 0 bridgehead atoms. The molecule has 2 saturated heterocycles.